The van der Waals surface area contributed by atoms with Gasteiger partial charge in [0, 0.05) is 0 Å². The van der Waals surface area contributed by atoms with Crippen LogP contribution in [-0.2, 0) is 6.42 Å². The molecule has 0 unspecified atom stereocenters. The normalized spacial score (nSPS) is 11.9. The Kier molecular flexibility index (Phi) is 2.99. The van der Waals surface area contributed by atoms with E-state index in [0.717, 1.165) is 6.07 Å². The topological polar surface area (TPSA) is 0 Å². The van der Waals surface area contributed by atoms with Crippen LogP contribution in [-0.4, -0.2) is 6.18 Å². The Balaban J connectivity index is 3.02. The first-order valence-electron chi connectivity index (χ1n) is 3.50. The van der Waals surface area contributed by atoms with Gasteiger partial charge in [0.25, 0.3) is 0 Å². The van der Waals surface area contributed by atoms with Gasteiger partial charge in [0.1, 0.15) is 0 Å². The molecule has 1 aromatic carbocycles. The van der Waals surface area contributed by atoms with Crippen molar-refractivity contribution >= 4 is 11.6 Å². The molecule has 0 heterocycles. The zero-order chi connectivity index (χ0) is 10.9. The summed E-state index contributed by atoms with van der Waals surface area (Å²) in [5.41, 5.74) is -0.401. The first-order chi connectivity index (χ1) is 6.29. The zero-order valence-electron chi connectivity index (χ0n) is 6.63. The summed E-state index contributed by atoms with van der Waals surface area (Å²) < 4.78 is 60.7. The van der Waals surface area contributed by atoms with Crippen LogP contribution in [0.3, 0.4) is 0 Å². The molecule has 0 aliphatic carbocycles. The van der Waals surface area contributed by atoms with E-state index in [-0.39, 0.29) is 0 Å². The standard InChI is InChI=1S/C8H4ClF5/c9-5-1-4(3-8(12,13)14)2-6(10)7(5)11/h1-2H,3H2. The Morgan fingerprint density at radius 1 is 1.14 bits per heavy atom. The van der Waals surface area contributed by atoms with Gasteiger partial charge in [-0.05, 0) is 17.7 Å². The van der Waals surface area contributed by atoms with E-state index in [9.17, 15) is 22.0 Å². The monoisotopic (exact) mass is 230 g/mol. The van der Waals surface area contributed by atoms with Crippen molar-refractivity contribution in [2.24, 2.45) is 0 Å². The maximum atomic E-state index is 12.6. The predicted octanol–water partition coefficient (Wildman–Crippen LogP) is 3.72. The Hall–Kier alpha value is -0.840. The Bertz CT molecular complexity index is 321. The van der Waals surface area contributed by atoms with E-state index >= 15 is 0 Å². The lowest BCUT2D eigenvalue weighted by Crippen LogP contribution is -2.11. The fourth-order valence-corrected chi connectivity index (χ4v) is 1.17. The summed E-state index contributed by atoms with van der Waals surface area (Å²) in [6, 6.07) is 1.24. The van der Waals surface area contributed by atoms with Gasteiger partial charge >= 0.3 is 6.18 Å². The number of halogens is 6. The Morgan fingerprint density at radius 2 is 1.71 bits per heavy atom. The molecule has 78 valence electrons. The van der Waals surface area contributed by atoms with E-state index in [0.29, 0.717) is 6.07 Å². The lowest BCUT2D eigenvalue weighted by molar-refractivity contribution is -0.127. The SMILES string of the molecule is Fc1cc(CC(F)(F)F)cc(Cl)c1F. The molecule has 0 saturated heterocycles. The lowest BCUT2D eigenvalue weighted by Gasteiger charge is -2.07. The molecular formula is C8H4ClF5. The molecule has 0 saturated carbocycles. The van der Waals surface area contributed by atoms with E-state index in [2.05, 4.69) is 0 Å². The molecule has 0 N–H and O–H groups in total. The summed E-state index contributed by atoms with van der Waals surface area (Å²) in [4.78, 5) is 0. The largest absolute Gasteiger partial charge is 0.393 e. The molecule has 0 amide bonds. The number of hydrogen-bond donors (Lipinski definition) is 0. The summed E-state index contributed by atoms with van der Waals surface area (Å²) >= 11 is 5.17. The molecular weight excluding hydrogens is 227 g/mol. The highest BCUT2D eigenvalue weighted by molar-refractivity contribution is 6.30. The van der Waals surface area contributed by atoms with Crippen LogP contribution in [0.2, 0.25) is 5.02 Å². The van der Waals surface area contributed by atoms with E-state index in [1.54, 1.807) is 0 Å². The molecule has 0 spiro atoms. The number of benzene rings is 1. The summed E-state index contributed by atoms with van der Waals surface area (Å²) in [7, 11) is 0. The van der Waals surface area contributed by atoms with Gasteiger partial charge < -0.3 is 0 Å². The van der Waals surface area contributed by atoms with Crippen LogP contribution >= 0.6 is 11.6 Å². The highest BCUT2D eigenvalue weighted by Crippen LogP contribution is 2.25. The molecule has 0 aliphatic rings. The zero-order valence-corrected chi connectivity index (χ0v) is 7.39. The second kappa shape index (κ2) is 3.73. The maximum Gasteiger partial charge on any atom is 0.393 e. The van der Waals surface area contributed by atoms with Crippen LogP contribution < -0.4 is 0 Å². The first kappa shape index (κ1) is 11.2. The molecule has 1 rings (SSSR count). The second-order valence-electron chi connectivity index (χ2n) is 2.67. The van der Waals surface area contributed by atoms with Gasteiger partial charge in [0.15, 0.2) is 11.6 Å². The average molecular weight is 231 g/mol. The highest BCUT2D eigenvalue weighted by atomic mass is 35.5. The van der Waals surface area contributed by atoms with Crippen LogP contribution in [0.15, 0.2) is 12.1 Å². The van der Waals surface area contributed by atoms with Gasteiger partial charge in [-0.3, -0.25) is 0 Å². The predicted molar refractivity (Wildman–Crippen MR) is 41.1 cm³/mol. The van der Waals surface area contributed by atoms with Crippen LogP contribution in [0.1, 0.15) is 5.56 Å². The molecule has 0 atom stereocenters. The van der Waals surface area contributed by atoms with Crippen LogP contribution in [0.5, 0.6) is 0 Å². The van der Waals surface area contributed by atoms with Crippen molar-refractivity contribution in [3.05, 3.63) is 34.4 Å². The van der Waals surface area contributed by atoms with Crippen LogP contribution in [0.4, 0.5) is 22.0 Å². The third kappa shape index (κ3) is 2.83. The Morgan fingerprint density at radius 3 is 2.14 bits per heavy atom. The average Bonchev–Trinajstić information content (AvgIpc) is 1.96. The van der Waals surface area contributed by atoms with Gasteiger partial charge in [-0.2, -0.15) is 13.2 Å². The van der Waals surface area contributed by atoms with Crippen molar-refractivity contribution in [1.82, 2.24) is 0 Å². The molecule has 1 aromatic rings. The first-order valence-corrected chi connectivity index (χ1v) is 3.87. The maximum absolute atomic E-state index is 12.6. The van der Waals surface area contributed by atoms with Crippen molar-refractivity contribution < 1.29 is 22.0 Å². The summed E-state index contributed by atoms with van der Waals surface area (Å²) in [5.74, 6) is -2.71. The van der Waals surface area contributed by atoms with Gasteiger partial charge in [-0.25, -0.2) is 8.78 Å². The fraction of sp³-hybridized carbons (Fsp3) is 0.250. The third-order valence-electron chi connectivity index (χ3n) is 1.45. The lowest BCUT2D eigenvalue weighted by atomic mass is 10.1. The number of rotatable bonds is 1. The minimum absolute atomic E-state index is 0.401. The minimum Gasteiger partial charge on any atom is -0.204 e. The Labute approximate surface area is 81.3 Å². The molecule has 0 aliphatic heterocycles. The third-order valence-corrected chi connectivity index (χ3v) is 1.72. The summed E-state index contributed by atoms with van der Waals surface area (Å²) in [5, 5.41) is -0.649. The van der Waals surface area contributed by atoms with Crippen molar-refractivity contribution in [2.45, 2.75) is 12.6 Å². The van der Waals surface area contributed by atoms with E-state index in [1.165, 1.54) is 0 Å². The minimum atomic E-state index is -4.46. The second-order valence-corrected chi connectivity index (χ2v) is 3.07. The summed E-state index contributed by atoms with van der Waals surface area (Å²) in [6.07, 6.45) is -5.79. The van der Waals surface area contributed by atoms with E-state index in [4.69, 9.17) is 11.6 Å². The van der Waals surface area contributed by atoms with Crippen molar-refractivity contribution in [3.8, 4) is 0 Å². The summed E-state index contributed by atoms with van der Waals surface area (Å²) in [6.45, 7) is 0. The van der Waals surface area contributed by atoms with Gasteiger partial charge in [-0.1, -0.05) is 11.6 Å². The van der Waals surface area contributed by atoms with Gasteiger partial charge in [-0.15, -0.1) is 0 Å². The molecule has 0 fully saturated rings. The fourth-order valence-electron chi connectivity index (χ4n) is 0.942. The van der Waals surface area contributed by atoms with Crippen molar-refractivity contribution in [2.75, 3.05) is 0 Å². The van der Waals surface area contributed by atoms with E-state index in [1.807, 2.05) is 0 Å². The molecule has 6 heteroatoms. The number of alkyl halides is 3. The number of hydrogen-bond acceptors (Lipinski definition) is 0. The van der Waals surface area contributed by atoms with Crippen LogP contribution in [0.25, 0.3) is 0 Å². The molecule has 0 nitrogen and oxygen atoms in total. The van der Waals surface area contributed by atoms with Gasteiger partial charge in [0.05, 0.1) is 11.4 Å². The molecule has 0 aromatic heterocycles. The smallest absolute Gasteiger partial charge is 0.204 e. The molecule has 0 bridgehead atoms. The molecule has 0 radical (unpaired) electrons. The van der Waals surface area contributed by atoms with E-state index < -0.39 is 34.8 Å². The van der Waals surface area contributed by atoms with Gasteiger partial charge in [0.2, 0.25) is 0 Å². The van der Waals surface area contributed by atoms with Crippen molar-refractivity contribution in [3.63, 3.8) is 0 Å². The van der Waals surface area contributed by atoms with Crippen molar-refractivity contribution in [1.29, 1.82) is 0 Å². The highest BCUT2D eigenvalue weighted by Gasteiger charge is 2.28. The van der Waals surface area contributed by atoms with Crippen LogP contribution in [0, 0.1) is 11.6 Å². The molecule has 14 heavy (non-hydrogen) atoms. The quantitative estimate of drug-likeness (QED) is 0.509.